The molecule has 0 aromatic heterocycles. The zero-order valence-electron chi connectivity index (χ0n) is 13.3. The fourth-order valence-electron chi connectivity index (χ4n) is 2.29. The Kier molecular flexibility index (Phi) is 4.82. The van der Waals surface area contributed by atoms with Gasteiger partial charge >= 0.3 is 24.0 Å². The Morgan fingerprint density at radius 2 is 1.72 bits per heavy atom. The number of benzene rings is 1. The highest BCUT2D eigenvalue weighted by Gasteiger charge is 2.46. The molecular formula is C15H14F3N3O4. The van der Waals surface area contributed by atoms with Crippen LogP contribution in [0.5, 0.6) is 0 Å². The third kappa shape index (κ3) is 3.62. The van der Waals surface area contributed by atoms with Crippen molar-refractivity contribution < 1.29 is 32.3 Å². The summed E-state index contributed by atoms with van der Waals surface area (Å²) in [5.74, 6) is -3.31. The van der Waals surface area contributed by atoms with Crippen molar-refractivity contribution in [2.24, 2.45) is 0 Å². The van der Waals surface area contributed by atoms with Crippen LogP contribution < -0.4 is 5.32 Å². The Bertz CT molecular complexity index is 746. The normalized spacial score (nSPS) is 15.4. The molecular weight excluding hydrogens is 343 g/mol. The lowest BCUT2D eigenvalue weighted by atomic mass is 10.1. The van der Waals surface area contributed by atoms with Crippen LogP contribution in [-0.4, -0.2) is 46.1 Å². The van der Waals surface area contributed by atoms with Crippen LogP contribution in [0.1, 0.15) is 19.4 Å². The lowest BCUT2D eigenvalue weighted by Gasteiger charge is -2.18. The summed E-state index contributed by atoms with van der Waals surface area (Å²) >= 11 is 0. The molecule has 1 fully saturated rings. The van der Waals surface area contributed by atoms with E-state index in [9.17, 15) is 32.3 Å². The van der Waals surface area contributed by atoms with E-state index in [1.54, 1.807) is 0 Å². The third-order valence-corrected chi connectivity index (χ3v) is 3.41. The maximum Gasteiger partial charge on any atom is 0.418 e. The van der Waals surface area contributed by atoms with Gasteiger partial charge in [0.15, 0.2) is 0 Å². The Labute approximate surface area is 140 Å². The van der Waals surface area contributed by atoms with Gasteiger partial charge in [0.1, 0.15) is 6.54 Å². The van der Waals surface area contributed by atoms with Gasteiger partial charge in [-0.3, -0.25) is 19.3 Å². The lowest BCUT2D eigenvalue weighted by molar-refractivity contribution is -0.144. The van der Waals surface area contributed by atoms with E-state index in [-0.39, 0.29) is 0 Å². The van der Waals surface area contributed by atoms with Crippen molar-refractivity contribution in [2.75, 3.05) is 11.9 Å². The van der Waals surface area contributed by atoms with Crippen molar-refractivity contribution in [3.05, 3.63) is 29.8 Å². The lowest BCUT2D eigenvalue weighted by Crippen LogP contribution is -2.40. The van der Waals surface area contributed by atoms with E-state index in [0.29, 0.717) is 9.80 Å². The number of imide groups is 2. The molecule has 1 aliphatic rings. The van der Waals surface area contributed by atoms with E-state index in [1.165, 1.54) is 19.9 Å². The van der Waals surface area contributed by atoms with E-state index in [1.807, 2.05) is 5.32 Å². The molecule has 0 radical (unpaired) electrons. The molecule has 0 aliphatic carbocycles. The summed E-state index contributed by atoms with van der Waals surface area (Å²) in [6, 6.07) is 2.70. The van der Waals surface area contributed by atoms with E-state index in [2.05, 4.69) is 0 Å². The van der Waals surface area contributed by atoms with Crippen LogP contribution in [0.15, 0.2) is 24.3 Å². The molecule has 0 spiro atoms. The molecule has 5 amide bonds. The number of alkyl halides is 3. The molecule has 25 heavy (non-hydrogen) atoms. The molecule has 0 unspecified atom stereocenters. The predicted molar refractivity (Wildman–Crippen MR) is 79.2 cm³/mol. The number of halogens is 3. The number of carbonyl (C=O) groups is 4. The SMILES string of the molecule is CC(C)N1C(=O)C(=O)N(CC(=O)Nc2ccccc2C(F)(F)F)C1=O. The fraction of sp³-hybridized carbons (Fsp3) is 0.333. The van der Waals surface area contributed by atoms with Crippen LogP contribution in [0, 0.1) is 0 Å². The summed E-state index contributed by atoms with van der Waals surface area (Å²) in [5, 5.41) is 2.01. The number of rotatable bonds is 4. The van der Waals surface area contributed by atoms with Gasteiger partial charge < -0.3 is 5.32 Å². The van der Waals surface area contributed by atoms with Crippen LogP contribution in [0.3, 0.4) is 0 Å². The predicted octanol–water partition coefficient (Wildman–Crippen LogP) is 1.84. The number of carbonyl (C=O) groups excluding carboxylic acids is 4. The van der Waals surface area contributed by atoms with Crippen molar-refractivity contribution in [1.29, 1.82) is 0 Å². The second kappa shape index (κ2) is 6.54. The highest BCUT2D eigenvalue weighted by Crippen LogP contribution is 2.34. The first-order chi connectivity index (χ1) is 11.5. The first-order valence-corrected chi connectivity index (χ1v) is 7.19. The number of nitrogens with zero attached hydrogens (tertiary/aromatic N) is 2. The summed E-state index contributed by atoms with van der Waals surface area (Å²) in [4.78, 5) is 48.6. The summed E-state index contributed by atoms with van der Waals surface area (Å²) in [6.45, 7) is 2.15. The topological polar surface area (TPSA) is 86.8 Å². The van der Waals surface area contributed by atoms with Gasteiger partial charge in [0, 0.05) is 6.04 Å². The minimum Gasteiger partial charge on any atom is -0.324 e. The number of hydrogen-bond donors (Lipinski definition) is 1. The Morgan fingerprint density at radius 1 is 1.12 bits per heavy atom. The average Bonchev–Trinajstić information content (AvgIpc) is 2.70. The number of hydrogen-bond acceptors (Lipinski definition) is 4. The van der Waals surface area contributed by atoms with Crippen LogP contribution in [0.25, 0.3) is 0 Å². The zero-order valence-corrected chi connectivity index (χ0v) is 13.3. The highest BCUT2D eigenvalue weighted by molar-refractivity contribution is 6.45. The largest absolute Gasteiger partial charge is 0.418 e. The number of nitrogens with one attached hydrogen (secondary N) is 1. The molecule has 0 bridgehead atoms. The van der Waals surface area contributed by atoms with Crippen molar-refractivity contribution in [3.63, 3.8) is 0 Å². The number of para-hydroxylation sites is 1. The van der Waals surface area contributed by atoms with Gasteiger partial charge in [-0.05, 0) is 26.0 Å². The van der Waals surface area contributed by atoms with Crippen LogP contribution in [0.4, 0.5) is 23.7 Å². The third-order valence-electron chi connectivity index (χ3n) is 3.41. The van der Waals surface area contributed by atoms with Gasteiger partial charge in [-0.2, -0.15) is 13.2 Å². The Hall–Kier alpha value is -2.91. The summed E-state index contributed by atoms with van der Waals surface area (Å²) in [7, 11) is 0. The Balaban J connectivity index is 2.16. The van der Waals surface area contributed by atoms with E-state index in [0.717, 1.165) is 18.2 Å². The molecule has 1 aliphatic heterocycles. The molecule has 1 aromatic carbocycles. The van der Waals surface area contributed by atoms with Gasteiger partial charge in [0.25, 0.3) is 0 Å². The summed E-state index contributed by atoms with van der Waals surface area (Å²) in [6.07, 6.45) is -4.69. The van der Waals surface area contributed by atoms with Gasteiger partial charge in [-0.1, -0.05) is 12.1 Å². The second-order valence-corrected chi connectivity index (χ2v) is 5.53. The van der Waals surface area contributed by atoms with Crippen LogP contribution in [0.2, 0.25) is 0 Å². The van der Waals surface area contributed by atoms with Gasteiger partial charge in [0.05, 0.1) is 11.3 Å². The molecule has 1 heterocycles. The Morgan fingerprint density at radius 3 is 2.24 bits per heavy atom. The molecule has 10 heteroatoms. The molecule has 1 saturated heterocycles. The average molecular weight is 357 g/mol. The molecule has 2 rings (SSSR count). The minimum absolute atomic E-state index is 0.397. The second-order valence-electron chi connectivity index (χ2n) is 5.53. The quantitative estimate of drug-likeness (QED) is 0.658. The first-order valence-electron chi connectivity index (χ1n) is 7.19. The first kappa shape index (κ1) is 18.4. The van der Waals surface area contributed by atoms with E-state index < -0.39 is 53.8 Å². The number of amides is 5. The van der Waals surface area contributed by atoms with Crippen molar-refractivity contribution in [1.82, 2.24) is 9.80 Å². The monoisotopic (exact) mass is 357 g/mol. The summed E-state index contributed by atoms with van der Waals surface area (Å²) in [5.41, 5.74) is -1.58. The maximum atomic E-state index is 12.9. The zero-order chi connectivity index (χ0) is 18.9. The number of urea groups is 1. The van der Waals surface area contributed by atoms with E-state index in [4.69, 9.17) is 0 Å². The summed E-state index contributed by atoms with van der Waals surface area (Å²) < 4.78 is 38.7. The molecule has 7 nitrogen and oxygen atoms in total. The van der Waals surface area contributed by atoms with Crippen molar-refractivity contribution in [2.45, 2.75) is 26.1 Å². The minimum atomic E-state index is -4.69. The fourth-order valence-corrected chi connectivity index (χ4v) is 2.29. The van der Waals surface area contributed by atoms with Gasteiger partial charge in [0.2, 0.25) is 5.91 Å². The molecule has 0 saturated carbocycles. The van der Waals surface area contributed by atoms with Gasteiger partial charge in [-0.15, -0.1) is 0 Å². The molecule has 0 atom stereocenters. The maximum absolute atomic E-state index is 12.9. The van der Waals surface area contributed by atoms with Crippen molar-refractivity contribution >= 4 is 29.4 Å². The number of anilines is 1. The van der Waals surface area contributed by atoms with E-state index >= 15 is 0 Å². The standard InChI is InChI=1S/C15H14F3N3O4/c1-8(2)21-13(24)12(23)20(14(21)25)7-11(22)19-10-6-4-3-5-9(10)15(16,17)18/h3-6,8H,7H2,1-2H3,(H,19,22). The van der Waals surface area contributed by atoms with Crippen LogP contribution >= 0.6 is 0 Å². The highest BCUT2D eigenvalue weighted by atomic mass is 19.4. The molecule has 1 N–H and O–H groups in total. The molecule has 1 aromatic rings. The smallest absolute Gasteiger partial charge is 0.324 e. The van der Waals surface area contributed by atoms with Crippen LogP contribution in [-0.2, 0) is 20.6 Å². The van der Waals surface area contributed by atoms with Crippen molar-refractivity contribution in [3.8, 4) is 0 Å². The van der Waals surface area contributed by atoms with Gasteiger partial charge in [-0.25, -0.2) is 9.69 Å². The molecule has 134 valence electrons.